The zero-order chi connectivity index (χ0) is 12.7. The van der Waals surface area contributed by atoms with E-state index < -0.39 is 0 Å². The fourth-order valence-electron chi connectivity index (χ4n) is 0.966. The van der Waals surface area contributed by atoms with Gasteiger partial charge in [-0.3, -0.25) is 4.79 Å². The third-order valence-electron chi connectivity index (χ3n) is 1.67. The van der Waals surface area contributed by atoms with Crippen LogP contribution in [0.15, 0.2) is 16.4 Å². The van der Waals surface area contributed by atoms with E-state index in [0.29, 0.717) is 22.4 Å². The molecule has 0 aliphatic rings. The van der Waals surface area contributed by atoms with Gasteiger partial charge in [0.15, 0.2) is 5.16 Å². The van der Waals surface area contributed by atoms with Gasteiger partial charge in [-0.05, 0) is 13.2 Å². The number of thioether (sulfide) groups is 2. The van der Waals surface area contributed by atoms with Gasteiger partial charge in [-0.2, -0.15) is 5.26 Å². The summed E-state index contributed by atoms with van der Waals surface area (Å²) in [6.45, 7) is 2.10. The van der Waals surface area contributed by atoms with Gasteiger partial charge in [0, 0.05) is 0 Å². The van der Waals surface area contributed by atoms with Crippen LogP contribution in [-0.2, 0) is 9.53 Å². The van der Waals surface area contributed by atoms with Crippen molar-refractivity contribution < 1.29 is 9.53 Å². The topological polar surface area (TPSA) is 75.9 Å². The maximum Gasteiger partial charge on any atom is 0.316 e. The summed E-state index contributed by atoms with van der Waals surface area (Å²) in [5.41, 5.74) is 0.372. The van der Waals surface area contributed by atoms with Gasteiger partial charge in [0.05, 0.1) is 18.6 Å². The van der Waals surface area contributed by atoms with Gasteiger partial charge in [-0.1, -0.05) is 23.5 Å². The lowest BCUT2D eigenvalue weighted by Gasteiger charge is -2.04. The Morgan fingerprint density at radius 3 is 3.00 bits per heavy atom. The minimum Gasteiger partial charge on any atom is -0.465 e. The molecule has 0 aliphatic carbocycles. The monoisotopic (exact) mass is 269 g/mol. The second-order valence-electron chi connectivity index (χ2n) is 2.78. The van der Waals surface area contributed by atoms with Crippen LogP contribution >= 0.6 is 23.5 Å². The number of esters is 1. The van der Waals surface area contributed by atoms with Crippen molar-refractivity contribution in [2.24, 2.45) is 0 Å². The molecule has 90 valence electrons. The molecule has 0 unspecified atom stereocenters. The molecule has 0 N–H and O–H groups in total. The molecule has 1 rings (SSSR count). The van der Waals surface area contributed by atoms with E-state index in [2.05, 4.69) is 9.97 Å². The van der Waals surface area contributed by atoms with E-state index in [0.717, 1.165) is 0 Å². The number of hydrogen-bond donors (Lipinski definition) is 0. The van der Waals surface area contributed by atoms with E-state index in [1.165, 1.54) is 29.7 Å². The van der Waals surface area contributed by atoms with Gasteiger partial charge in [0.1, 0.15) is 16.7 Å². The van der Waals surface area contributed by atoms with Crippen LogP contribution in [0.4, 0.5) is 0 Å². The molecule has 17 heavy (non-hydrogen) atoms. The van der Waals surface area contributed by atoms with Crippen LogP contribution in [0.3, 0.4) is 0 Å². The van der Waals surface area contributed by atoms with Crippen molar-refractivity contribution in [3.63, 3.8) is 0 Å². The van der Waals surface area contributed by atoms with Crippen molar-refractivity contribution in [1.29, 1.82) is 5.26 Å². The highest BCUT2D eigenvalue weighted by Gasteiger charge is 2.10. The van der Waals surface area contributed by atoms with Crippen molar-refractivity contribution in [3.8, 4) is 6.07 Å². The number of carbonyl (C=O) groups is 1. The Kier molecular flexibility index (Phi) is 5.80. The van der Waals surface area contributed by atoms with Crippen molar-refractivity contribution in [3.05, 3.63) is 11.8 Å². The highest BCUT2D eigenvalue weighted by atomic mass is 32.2. The van der Waals surface area contributed by atoms with Crippen molar-refractivity contribution in [2.75, 3.05) is 18.6 Å². The second kappa shape index (κ2) is 7.14. The highest BCUT2D eigenvalue weighted by molar-refractivity contribution is 8.00. The summed E-state index contributed by atoms with van der Waals surface area (Å²) in [5.74, 6) is -0.168. The maximum absolute atomic E-state index is 11.2. The smallest absolute Gasteiger partial charge is 0.316 e. The first-order chi connectivity index (χ1) is 8.21. The summed E-state index contributed by atoms with van der Waals surface area (Å²) in [6.07, 6.45) is 3.31. The molecule has 1 aromatic heterocycles. The molecular formula is C10H11N3O2S2. The molecule has 0 atom stereocenters. The predicted molar refractivity (Wildman–Crippen MR) is 65.9 cm³/mol. The molecule has 7 heteroatoms. The third kappa shape index (κ3) is 4.24. The second-order valence-corrected chi connectivity index (χ2v) is 4.52. The predicted octanol–water partition coefficient (Wildman–Crippen LogP) is 1.73. The summed E-state index contributed by atoms with van der Waals surface area (Å²) in [5, 5.41) is 9.98. The lowest BCUT2D eigenvalue weighted by atomic mass is 10.4. The van der Waals surface area contributed by atoms with E-state index in [1.54, 1.807) is 6.92 Å². The molecule has 1 aromatic rings. The SMILES string of the molecule is CCOC(=O)CSc1nc(SC)ncc1C#N. The van der Waals surface area contributed by atoms with Crippen molar-refractivity contribution in [2.45, 2.75) is 17.1 Å². The minimum atomic E-state index is -0.314. The number of rotatable bonds is 5. The van der Waals surface area contributed by atoms with E-state index in [4.69, 9.17) is 10.00 Å². The summed E-state index contributed by atoms with van der Waals surface area (Å²) >= 11 is 2.57. The van der Waals surface area contributed by atoms with Gasteiger partial charge < -0.3 is 4.74 Å². The van der Waals surface area contributed by atoms with E-state index in [9.17, 15) is 4.79 Å². The number of ether oxygens (including phenoxy) is 1. The molecule has 0 fully saturated rings. The fraction of sp³-hybridized carbons (Fsp3) is 0.400. The molecule has 0 saturated heterocycles. The van der Waals surface area contributed by atoms with E-state index in [-0.39, 0.29) is 11.7 Å². The van der Waals surface area contributed by atoms with E-state index in [1.807, 2.05) is 12.3 Å². The molecule has 0 bridgehead atoms. The summed E-state index contributed by atoms with van der Waals surface area (Å²) in [6, 6.07) is 2.00. The number of nitrogens with zero attached hydrogens (tertiary/aromatic N) is 3. The summed E-state index contributed by atoms with van der Waals surface area (Å²) in [4.78, 5) is 19.4. The lowest BCUT2D eigenvalue weighted by molar-refractivity contribution is -0.139. The summed E-state index contributed by atoms with van der Waals surface area (Å²) < 4.78 is 4.80. The average Bonchev–Trinajstić information content (AvgIpc) is 2.36. The van der Waals surface area contributed by atoms with Crippen LogP contribution < -0.4 is 0 Å². The Morgan fingerprint density at radius 2 is 2.41 bits per heavy atom. The molecule has 0 radical (unpaired) electrons. The van der Waals surface area contributed by atoms with Crippen LogP contribution in [0.25, 0.3) is 0 Å². The normalized spacial score (nSPS) is 9.71. The molecular weight excluding hydrogens is 258 g/mol. The van der Waals surface area contributed by atoms with Gasteiger partial charge in [-0.15, -0.1) is 0 Å². The first kappa shape index (κ1) is 13.8. The minimum absolute atomic E-state index is 0.146. The molecule has 0 spiro atoms. The standard InChI is InChI=1S/C10H11N3O2S2/c1-3-15-8(14)6-17-9-7(4-11)5-12-10(13-9)16-2/h5H,3,6H2,1-2H3. The van der Waals surface area contributed by atoms with Crippen LogP contribution in [0.5, 0.6) is 0 Å². The fourth-order valence-corrected chi connectivity index (χ4v) is 2.11. The Hall–Kier alpha value is -1.26. The Balaban J connectivity index is 2.75. The molecule has 0 amide bonds. The molecule has 0 aliphatic heterocycles. The average molecular weight is 269 g/mol. The van der Waals surface area contributed by atoms with Gasteiger partial charge >= 0.3 is 5.97 Å². The molecule has 0 saturated carbocycles. The van der Waals surface area contributed by atoms with Crippen molar-refractivity contribution in [1.82, 2.24) is 9.97 Å². The first-order valence-electron chi connectivity index (χ1n) is 4.80. The number of carbonyl (C=O) groups excluding carboxylic acids is 1. The molecule has 1 heterocycles. The van der Waals surface area contributed by atoms with Crippen molar-refractivity contribution >= 4 is 29.5 Å². The molecule has 0 aromatic carbocycles. The first-order valence-corrected chi connectivity index (χ1v) is 7.01. The Labute approximate surface area is 108 Å². The maximum atomic E-state index is 11.2. The largest absolute Gasteiger partial charge is 0.465 e. The van der Waals surface area contributed by atoms with E-state index >= 15 is 0 Å². The van der Waals surface area contributed by atoms with Crippen LogP contribution in [0, 0.1) is 11.3 Å². The number of nitriles is 1. The lowest BCUT2D eigenvalue weighted by Crippen LogP contribution is -2.07. The zero-order valence-electron chi connectivity index (χ0n) is 9.47. The quantitative estimate of drug-likeness (QED) is 0.348. The van der Waals surface area contributed by atoms with Crippen LogP contribution in [-0.4, -0.2) is 34.6 Å². The van der Waals surface area contributed by atoms with Gasteiger partial charge in [0.2, 0.25) is 0 Å². The Bertz CT molecular complexity index is 446. The van der Waals surface area contributed by atoms with Gasteiger partial charge in [0.25, 0.3) is 0 Å². The van der Waals surface area contributed by atoms with Gasteiger partial charge in [-0.25, -0.2) is 9.97 Å². The molecule has 5 nitrogen and oxygen atoms in total. The zero-order valence-corrected chi connectivity index (χ0v) is 11.1. The Morgan fingerprint density at radius 1 is 1.65 bits per heavy atom. The highest BCUT2D eigenvalue weighted by Crippen LogP contribution is 2.21. The summed E-state index contributed by atoms with van der Waals surface area (Å²) in [7, 11) is 0. The number of hydrogen-bond acceptors (Lipinski definition) is 7. The third-order valence-corrected chi connectivity index (χ3v) is 3.19. The number of aromatic nitrogens is 2. The van der Waals surface area contributed by atoms with Crippen LogP contribution in [0.1, 0.15) is 12.5 Å². The van der Waals surface area contributed by atoms with Crippen LogP contribution in [0.2, 0.25) is 0 Å².